The quantitative estimate of drug-likeness (QED) is 0.814. The number of thioether (sulfide) groups is 1. The number of pyridine rings is 1. The van der Waals surface area contributed by atoms with Crippen LogP contribution in [0.4, 0.5) is 10.1 Å². The molecule has 1 aromatic carbocycles. The molecule has 0 aliphatic carbocycles. The molecule has 0 amide bonds. The number of nitrogens with zero attached hydrogens (tertiary/aromatic N) is 1. The van der Waals surface area contributed by atoms with E-state index in [1.54, 1.807) is 17.8 Å². The van der Waals surface area contributed by atoms with E-state index in [2.05, 4.69) is 29.4 Å². The van der Waals surface area contributed by atoms with Gasteiger partial charge in [-0.15, -0.1) is 11.8 Å². The first-order valence-electron chi connectivity index (χ1n) is 6.30. The van der Waals surface area contributed by atoms with Crippen molar-refractivity contribution in [3.05, 3.63) is 54.1 Å². The summed E-state index contributed by atoms with van der Waals surface area (Å²) in [6.07, 6.45) is 1.25. The van der Waals surface area contributed by atoms with Crippen molar-refractivity contribution in [3.8, 4) is 0 Å². The van der Waals surface area contributed by atoms with Gasteiger partial charge in [0.15, 0.2) is 0 Å². The average Bonchev–Trinajstić information content (AvgIpc) is 2.42. The molecule has 100 valence electrons. The van der Waals surface area contributed by atoms with Crippen LogP contribution in [-0.2, 0) is 0 Å². The normalized spacial score (nSPS) is 12.2. The number of anilines is 1. The summed E-state index contributed by atoms with van der Waals surface area (Å²) in [6, 6.07) is 11.4. The van der Waals surface area contributed by atoms with Crippen molar-refractivity contribution in [2.24, 2.45) is 0 Å². The van der Waals surface area contributed by atoms with Gasteiger partial charge in [-0.3, -0.25) is 4.98 Å². The molecule has 0 aliphatic rings. The fourth-order valence-corrected chi connectivity index (χ4v) is 2.59. The van der Waals surface area contributed by atoms with Gasteiger partial charge >= 0.3 is 0 Å². The molecule has 2 nitrogen and oxygen atoms in total. The Balaban J connectivity index is 2.14. The number of nitrogens with one attached hydrogen (secondary N) is 1. The zero-order valence-corrected chi connectivity index (χ0v) is 11.9. The summed E-state index contributed by atoms with van der Waals surface area (Å²) < 4.78 is 12.9. The molecule has 1 atom stereocenters. The van der Waals surface area contributed by atoms with E-state index in [-0.39, 0.29) is 11.9 Å². The molecule has 0 spiro atoms. The minimum Gasteiger partial charge on any atom is -0.376 e. The Morgan fingerprint density at radius 3 is 2.74 bits per heavy atom. The van der Waals surface area contributed by atoms with E-state index in [9.17, 15) is 4.39 Å². The second-order valence-corrected chi connectivity index (χ2v) is 5.50. The Kier molecular flexibility index (Phi) is 4.80. The van der Waals surface area contributed by atoms with Crippen LogP contribution in [0.2, 0.25) is 0 Å². The summed E-state index contributed by atoms with van der Waals surface area (Å²) in [5, 5.41) is 3.43. The second-order valence-electron chi connectivity index (χ2n) is 4.20. The highest BCUT2D eigenvalue weighted by Gasteiger charge is 2.09. The smallest absolute Gasteiger partial charge is 0.141 e. The Bertz CT molecular complexity index is 528. The van der Waals surface area contributed by atoms with Crippen LogP contribution in [-0.4, -0.2) is 10.7 Å². The summed E-state index contributed by atoms with van der Waals surface area (Å²) in [5.74, 6) is 0.722. The van der Waals surface area contributed by atoms with Gasteiger partial charge in [0.05, 0.1) is 17.9 Å². The van der Waals surface area contributed by atoms with Crippen LogP contribution in [0.25, 0.3) is 0 Å². The number of halogens is 1. The van der Waals surface area contributed by atoms with Gasteiger partial charge in [0.25, 0.3) is 0 Å². The monoisotopic (exact) mass is 276 g/mol. The van der Waals surface area contributed by atoms with Crippen molar-refractivity contribution in [3.63, 3.8) is 0 Å². The predicted octanol–water partition coefficient (Wildman–Crippen LogP) is 4.51. The molecule has 4 heteroatoms. The summed E-state index contributed by atoms with van der Waals surface area (Å²) in [7, 11) is 0. The number of aromatic nitrogens is 1. The molecule has 0 saturated heterocycles. The Morgan fingerprint density at radius 1 is 1.26 bits per heavy atom. The summed E-state index contributed by atoms with van der Waals surface area (Å²) in [4.78, 5) is 5.33. The first-order valence-corrected chi connectivity index (χ1v) is 7.29. The fourth-order valence-electron chi connectivity index (χ4n) is 1.82. The third-order valence-electron chi connectivity index (χ3n) is 2.75. The second kappa shape index (κ2) is 6.57. The molecule has 0 fully saturated rings. The molecule has 1 N–H and O–H groups in total. The van der Waals surface area contributed by atoms with Gasteiger partial charge in [0, 0.05) is 10.6 Å². The maximum absolute atomic E-state index is 12.9. The highest BCUT2D eigenvalue weighted by Crippen LogP contribution is 2.29. The molecule has 2 aromatic rings. The number of hydrogen-bond acceptors (Lipinski definition) is 3. The van der Waals surface area contributed by atoms with Gasteiger partial charge in [-0.1, -0.05) is 19.1 Å². The Morgan fingerprint density at radius 2 is 2.05 bits per heavy atom. The van der Waals surface area contributed by atoms with E-state index >= 15 is 0 Å². The largest absolute Gasteiger partial charge is 0.376 e. The standard InChI is InChI=1S/C15H17FN2S/c1-3-19-15-7-5-4-6-14(15)18-11(2)13-9-8-12(16)10-17-13/h4-11,18H,3H2,1-2H3. The highest BCUT2D eigenvalue weighted by atomic mass is 32.2. The summed E-state index contributed by atoms with van der Waals surface area (Å²) in [6.45, 7) is 4.15. The lowest BCUT2D eigenvalue weighted by Gasteiger charge is -2.17. The minimum atomic E-state index is -0.308. The van der Waals surface area contributed by atoms with E-state index in [1.165, 1.54) is 17.2 Å². The minimum absolute atomic E-state index is 0.0409. The van der Waals surface area contributed by atoms with Crippen molar-refractivity contribution >= 4 is 17.4 Å². The van der Waals surface area contributed by atoms with Gasteiger partial charge in [-0.2, -0.15) is 0 Å². The molecule has 2 rings (SSSR count). The van der Waals surface area contributed by atoms with Gasteiger partial charge in [-0.25, -0.2) is 4.39 Å². The summed E-state index contributed by atoms with van der Waals surface area (Å²) in [5.41, 5.74) is 1.92. The molecule has 1 unspecified atom stereocenters. The number of hydrogen-bond donors (Lipinski definition) is 1. The van der Waals surface area contributed by atoms with Crippen molar-refractivity contribution in [1.29, 1.82) is 0 Å². The molecular weight excluding hydrogens is 259 g/mol. The number of benzene rings is 1. The molecule has 0 radical (unpaired) electrons. The van der Waals surface area contributed by atoms with E-state index in [4.69, 9.17) is 0 Å². The number of rotatable bonds is 5. The van der Waals surface area contributed by atoms with Gasteiger partial charge in [0.2, 0.25) is 0 Å². The molecule has 0 aliphatic heterocycles. The van der Waals surface area contributed by atoms with E-state index in [0.717, 1.165) is 17.1 Å². The molecule has 0 bridgehead atoms. The lowest BCUT2D eigenvalue weighted by molar-refractivity contribution is 0.617. The number of para-hydroxylation sites is 1. The fraction of sp³-hybridized carbons (Fsp3) is 0.267. The molecular formula is C15H17FN2S. The molecule has 19 heavy (non-hydrogen) atoms. The van der Waals surface area contributed by atoms with Gasteiger partial charge < -0.3 is 5.32 Å². The predicted molar refractivity (Wildman–Crippen MR) is 79.1 cm³/mol. The third-order valence-corrected chi connectivity index (χ3v) is 3.71. The van der Waals surface area contributed by atoms with Crippen molar-refractivity contribution in [2.75, 3.05) is 11.1 Å². The van der Waals surface area contributed by atoms with Crippen molar-refractivity contribution < 1.29 is 4.39 Å². The van der Waals surface area contributed by atoms with Crippen molar-refractivity contribution in [2.45, 2.75) is 24.8 Å². The van der Waals surface area contributed by atoms with Gasteiger partial charge in [-0.05, 0) is 36.9 Å². The van der Waals surface area contributed by atoms with E-state index in [1.807, 2.05) is 19.1 Å². The highest BCUT2D eigenvalue weighted by molar-refractivity contribution is 7.99. The Labute approximate surface area is 117 Å². The lowest BCUT2D eigenvalue weighted by atomic mass is 10.2. The maximum atomic E-state index is 12.9. The van der Waals surface area contributed by atoms with E-state index < -0.39 is 0 Å². The molecule has 1 aromatic heterocycles. The molecule has 0 saturated carbocycles. The first-order chi connectivity index (χ1) is 9.20. The van der Waals surface area contributed by atoms with Crippen LogP contribution in [0.15, 0.2) is 47.5 Å². The maximum Gasteiger partial charge on any atom is 0.141 e. The molecule has 1 heterocycles. The van der Waals surface area contributed by atoms with Crippen molar-refractivity contribution in [1.82, 2.24) is 4.98 Å². The Hall–Kier alpha value is -1.55. The van der Waals surface area contributed by atoms with Gasteiger partial charge in [0.1, 0.15) is 5.82 Å². The van der Waals surface area contributed by atoms with Crippen LogP contribution in [0, 0.1) is 5.82 Å². The zero-order valence-electron chi connectivity index (χ0n) is 11.1. The topological polar surface area (TPSA) is 24.9 Å². The first kappa shape index (κ1) is 13.9. The SMILES string of the molecule is CCSc1ccccc1NC(C)c1ccc(F)cn1. The van der Waals surface area contributed by atoms with Crippen LogP contribution in [0.3, 0.4) is 0 Å². The van der Waals surface area contributed by atoms with Crippen LogP contribution >= 0.6 is 11.8 Å². The van der Waals surface area contributed by atoms with Crippen LogP contribution in [0.5, 0.6) is 0 Å². The van der Waals surface area contributed by atoms with Crippen LogP contribution in [0.1, 0.15) is 25.6 Å². The zero-order chi connectivity index (χ0) is 13.7. The van der Waals surface area contributed by atoms with Crippen LogP contribution < -0.4 is 5.32 Å². The summed E-state index contributed by atoms with van der Waals surface area (Å²) >= 11 is 1.80. The lowest BCUT2D eigenvalue weighted by Crippen LogP contribution is -2.09. The van der Waals surface area contributed by atoms with E-state index in [0.29, 0.717) is 0 Å². The average molecular weight is 276 g/mol. The third kappa shape index (κ3) is 3.70.